The van der Waals surface area contributed by atoms with Gasteiger partial charge in [0.1, 0.15) is 0 Å². The molecular formula is C14H18N2O3. The highest BCUT2D eigenvalue weighted by molar-refractivity contribution is 6.06. The summed E-state index contributed by atoms with van der Waals surface area (Å²) in [5.74, 6) is -0.0357. The van der Waals surface area contributed by atoms with Crippen LogP contribution in [-0.4, -0.2) is 48.2 Å². The van der Waals surface area contributed by atoms with Crippen LogP contribution >= 0.6 is 0 Å². The average Bonchev–Trinajstić information content (AvgIpc) is 3.02. The van der Waals surface area contributed by atoms with E-state index < -0.39 is 0 Å². The van der Waals surface area contributed by atoms with Crippen LogP contribution in [0, 0.1) is 23.7 Å². The lowest BCUT2D eigenvalue weighted by Crippen LogP contribution is -2.36. The van der Waals surface area contributed by atoms with Crippen LogP contribution < -0.4 is 0 Å². The van der Waals surface area contributed by atoms with E-state index in [0.717, 1.165) is 6.42 Å². The molecule has 2 aliphatic carbocycles. The molecule has 0 aromatic carbocycles. The molecule has 4 atom stereocenters. The molecule has 1 aliphatic heterocycles. The third-order valence-corrected chi connectivity index (χ3v) is 4.61. The average molecular weight is 262 g/mol. The second-order valence-electron chi connectivity index (χ2n) is 5.87. The van der Waals surface area contributed by atoms with E-state index in [1.807, 2.05) is 0 Å². The van der Waals surface area contributed by atoms with Gasteiger partial charge in [-0.2, -0.15) is 0 Å². The van der Waals surface area contributed by atoms with Crippen molar-refractivity contribution in [3.05, 3.63) is 12.2 Å². The summed E-state index contributed by atoms with van der Waals surface area (Å²) in [4.78, 5) is 39.0. The third-order valence-electron chi connectivity index (χ3n) is 4.61. The smallest absolute Gasteiger partial charge is 0.233 e. The molecule has 0 spiro atoms. The Morgan fingerprint density at radius 3 is 2.21 bits per heavy atom. The zero-order chi connectivity index (χ0) is 13.7. The highest BCUT2D eigenvalue weighted by atomic mass is 16.2. The van der Waals surface area contributed by atoms with E-state index in [0.29, 0.717) is 0 Å². The molecule has 2 bridgehead atoms. The molecule has 2 fully saturated rings. The van der Waals surface area contributed by atoms with Crippen LogP contribution in [0.1, 0.15) is 12.8 Å². The summed E-state index contributed by atoms with van der Waals surface area (Å²) < 4.78 is 0. The molecule has 19 heavy (non-hydrogen) atoms. The maximum absolute atomic E-state index is 12.3. The van der Waals surface area contributed by atoms with E-state index in [9.17, 15) is 14.4 Å². The summed E-state index contributed by atoms with van der Waals surface area (Å²) in [5, 5.41) is 0. The van der Waals surface area contributed by atoms with Crippen LogP contribution in [0.25, 0.3) is 0 Å². The van der Waals surface area contributed by atoms with Gasteiger partial charge in [-0.25, -0.2) is 0 Å². The van der Waals surface area contributed by atoms with Gasteiger partial charge in [0.25, 0.3) is 0 Å². The first-order valence-electron chi connectivity index (χ1n) is 6.74. The molecule has 1 saturated carbocycles. The lowest BCUT2D eigenvalue weighted by atomic mass is 9.85. The lowest BCUT2D eigenvalue weighted by Gasteiger charge is -2.18. The molecule has 0 N–H and O–H groups in total. The van der Waals surface area contributed by atoms with Crippen molar-refractivity contribution in [2.24, 2.45) is 23.7 Å². The molecule has 0 radical (unpaired) electrons. The highest BCUT2D eigenvalue weighted by Crippen LogP contribution is 2.52. The second kappa shape index (κ2) is 4.18. The van der Waals surface area contributed by atoms with Gasteiger partial charge in [-0.05, 0) is 18.3 Å². The maximum atomic E-state index is 12.3. The Hall–Kier alpha value is -1.65. The van der Waals surface area contributed by atoms with E-state index >= 15 is 0 Å². The quantitative estimate of drug-likeness (QED) is 0.542. The van der Waals surface area contributed by atoms with Crippen molar-refractivity contribution >= 4 is 17.7 Å². The minimum absolute atomic E-state index is 0.0567. The van der Waals surface area contributed by atoms with Gasteiger partial charge in [-0.15, -0.1) is 0 Å². The Bertz CT molecular complexity index is 453. The van der Waals surface area contributed by atoms with Crippen LogP contribution in [0.4, 0.5) is 0 Å². The van der Waals surface area contributed by atoms with Gasteiger partial charge >= 0.3 is 0 Å². The van der Waals surface area contributed by atoms with Crippen LogP contribution in [-0.2, 0) is 14.4 Å². The minimum Gasteiger partial charge on any atom is -0.349 e. The van der Waals surface area contributed by atoms with Crippen molar-refractivity contribution in [1.82, 2.24) is 9.80 Å². The summed E-state index contributed by atoms with van der Waals surface area (Å²) >= 11 is 0. The Morgan fingerprint density at radius 2 is 1.74 bits per heavy atom. The largest absolute Gasteiger partial charge is 0.349 e. The number of rotatable bonds is 3. The van der Waals surface area contributed by atoms with Gasteiger partial charge in [0.2, 0.25) is 17.7 Å². The predicted molar refractivity (Wildman–Crippen MR) is 67.7 cm³/mol. The van der Waals surface area contributed by atoms with Crippen molar-refractivity contribution in [2.75, 3.05) is 20.6 Å². The molecule has 5 heteroatoms. The van der Waals surface area contributed by atoms with Crippen molar-refractivity contribution in [1.29, 1.82) is 0 Å². The van der Waals surface area contributed by atoms with Gasteiger partial charge in [-0.1, -0.05) is 12.2 Å². The maximum Gasteiger partial charge on any atom is 0.233 e. The normalized spacial score (nSPS) is 35.2. The first-order valence-corrected chi connectivity index (χ1v) is 6.74. The summed E-state index contributed by atoms with van der Waals surface area (Å²) in [6.45, 7) is 0.223. The molecule has 102 valence electrons. The van der Waals surface area contributed by atoms with Crippen LogP contribution in [0.15, 0.2) is 12.2 Å². The SMILES string of the molecule is CN(C)C(=O)CCN1C(=O)[C@@H]2[C@H](C1=O)[C@H]1C=C[C@H]2C1. The molecule has 3 rings (SSSR count). The molecule has 5 nitrogen and oxygen atoms in total. The molecular weight excluding hydrogens is 244 g/mol. The molecule has 0 aromatic rings. The molecule has 3 aliphatic rings. The Morgan fingerprint density at radius 1 is 1.21 bits per heavy atom. The van der Waals surface area contributed by atoms with E-state index in [-0.39, 0.29) is 54.4 Å². The number of fused-ring (bicyclic) bond motifs is 5. The van der Waals surface area contributed by atoms with Crippen molar-refractivity contribution < 1.29 is 14.4 Å². The van der Waals surface area contributed by atoms with E-state index in [1.165, 1.54) is 9.80 Å². The Kier molecular flexibility index (Phi) is 2.73. The number of hydrogen-bond donors (Lipinski definition) is 0. The van der Waals surface area contributed by atoms with Crippen molar-refractivity contribution in [3.8, 4) is 0 Å². The Labute approximate surface area is 112 Å². The number of amides is 3. The fourth-order valence-electron chi connectivity index (χ4n) is 3.62. The number of carbonyl (C=O) groups excluding carboxylic acids is 3. The standard InChI is InChI=1S/C14H18N2O3/c1-15(2)10(17)5-6-16-13(18)11-8-3-4-9(7-8)12(11)14(16)19/h3-4,8-9,11-12H,5-7H2,1-2H3/t8-,9-,11-,12+/m0/s1. The van der Waals surface area contributed by atoms with E-state index in [4.69, 9.17) is 0 Å². The highest BCUT2D eigenvalue weighted by Gasteiger charge is 2.58. The summed E-state index contributed by atoms with van der Waals surface area (Å²) in [5.41, 5.74) is 0. The first-order chi connectivity index (χ1) is 9.00. The lowest BCUT2D eigenvalue weighted by molar-refractivity contribution is -0.141. The van der Waals surface area contributed by atoms with Gasteiger partial charge in [0.15, 0.2) is 0 Å². The number of hydrogen-bond acceptors (Lipinski definition) is 3. The van der Waals surface area contributed by atoms with Gasteiger partial charge in [0, 0.05) is 27.1 Å². The molecule has 1 saturated heterocycles. The molecule has 3 amide bonds. The number of likely N-dealkylation sites (tertiary alicyclic amines) is 1. The van der Waals surface area contributed by atoms with Gasteiger partial charge in [-0.3, -0.25) is 19.3 Å². The minimum atomic E-state index is -0.156. The number of allylic oxidation sites excluding steroid dienone is 2. The van der Waals surface area contributed by atoms with Crippen molar-refractivity contribution in [3.63, 3.8) is 0 Å². The third kappa shape index (κ3) is 1.71. The molecule has 0 aromatic heterocycles. The fraction of sp³-hybridized carbons (Fsp3) is 0.643. The first kappa shape index (κ1) is 12.4. The summed E-state index contributed by atoms with van der Waals surface area (Å²) in [7, 11) is 3.35. The van der Waals surface area contributed by atoms with Gasteiger partial charge in [0.05, 0.1) is 11.8 Å². The second-order valence-corrected chi connectivity index (χ2v) is 5.87. The number of imide groups is 1. The fourth-order valence-corrected chi connectivity index (χ4v) is 3.62. The Balaban J connectivity index is 1.71. The van der Waals surface area contributed by atoms with Crippen molar-refractivity contribution in [2.45, 2.75) is 12.8 Å². The number of nitrogens with zero attached hydrogens (tertiary/aromatic N) is 2. The van der Waals surface area contributed by atoms with Crippen LogP contribution in [0.5, 0.6) is 0 Å². The summed E-state index contributed by atoms with van der Waals surface area (Å²) in [6.07, 6.45) is 5.31. The molecule has 0 unspecified atom stereocenters. The zero-order valence-corrected chi connectivity index (χ0v) is 11.2. The van der Waals surface area contributed by atoms with E-state index in [2.05, 4.69) is 12.2 Å². The van der Waals surface area contributed by atoms with Crippen LogP contribution in [0.3, 0.4) is 0 Å². The predicted octanol–water partition coefficient (Wildman–Crippen LogP) is 0.272. The number of carbonyl (C=O) groups is 3. The molecule has 1 heterocycles. The van der Waals surface area contributed by atoms with Gasteiger partial charge < -0.3 is 4.90 Å². The monoisotopic (exact) mass is 262 g/mol. The zero-order valence-electron chi connectivity index (χ0n) is 11.2. The summed E-state index contributed by atoms with van der Waals surface area (Å²) in [6, 6.07) is 0. The van der Waals surface area contributed by atoms with Crippen LogP contribution in [0.2, 0.25) is 0 Å². The topological polar surface area (TPSA) is 57.7 Å². The van der Waals surface area contributed by atoms with E-state index in [1.54, 1.807) is 14.1 Å².